The van der Waals surface area contributed by atoms with Crippen LogP contribution in [0.1, 0.15) is 23.2 Å². The summed E-state index contributed by atoms with van der Waals surface area (Å²) in [5.41, 5.74) is 5.84. The number of hydrogen-bond donors (Lipinski definition) is 3. The van der Waals surface area contributed by atoms with Crippen molar-refractivity contribution in [3.8, 4) is 0 Å². The summed E-state index contributed by atoms with van der Waals surface area (Å²) in [6.07, 6.45) is 1.07. The summed E-state index contributed by atoms with van der Waals surface area (Å²) in [6, 6.07) is 5.12. The van der Waals surface area contributed by atoms with Gasteiger partial charge in [-0.25, -0.2) is 0 Å². The highest BCUT2D eigenvalue weighted by molar-refractivity contribution is 9.10. The number of ether oxygens (including phenoxy) is 1. The summed E-state index contributed by atoms with van der Waals surface area (Å²) in [7, 11) is 0. The van der Waals surface area contributed by atoms with Crippen molar-refractivity contribution in [1.82, 2.24) is 5.32 Å². The van der Waals surface area contributed by atoms with Crippen molar-refractivity contribution in [3.63, 3.8) is 0 Å². The Labute approximate surface area is 120 Å². The molecule has 0 saturated carbocycles. The summed E-state index contributed by atoms with van der Waals surface area (Å²) in [6.45, 7) is 1.26. The Bertz CT molecular complexity index is 473. The monoisotopic (exact) mass is 328 g/mol. The number of nitrogens with two attached hydrogens (primary N) is 1. The predicted octanol–water partition coefficient (Wildman–Crippen LogP) is 1.30. The molecule has 0 aromatic heterocycles. The van der Waals surface area contributed by atoms with Gasteiger partial charge in [-0.15, -0.1) is 0 Å². The number of hydrogen-bond acceptors (Lipinski definition) is 4. The molecule has 2 rings (SSSR count). The largest absolute Gasteiger partial charge is 0.398 e. The average molecular weight is 329 g/mol. The minimum Gasteiger partial charge on any atom is -0.398 e. The summed E-state index contributed by atoms with van der Waals surface area (Å²) in [4.78, 5) is 12.1. The van der Waals surface area contributed by atoms with Gasteiger partial charge in [0.25, 0.3) is 5.91 Å². The van der Waals surface area contributed by atoms with E-state index in [0.717, 1.165) is 0 Å². The second-order valence-corrected chi connectivity index (χ2v) is 5.52. The second-order valence-electron chi connectivity index (χ2n) is 4.73. The first kappa shape index (κ1) is 14.3. The van der Waals surface area contributed by atoms with Crippen LogP contribution >= 0.6 is 15.9 Å². The lowest BCUT2D eigenvalue weighted by Crippen LogP contribution is -2.46. The van der Waals surface area contributed by atoms with E-state index in [4.69, 9.17) is 10.5 Å². The third-order valence-electron chi connectivity index (χ3n) is 3.27. The molecule has 0 spiro atoms. The Kier molecular flexibility index (Phi) is 4.44. The molecular weight excluding hydrogens is 312 g/mol. The smallest absolute Gasteiger partial charge is 0.252 e. The standard InChI is InChI=1S/C13H17BrN2O3/c14-11-9(2-1-3-10(11)15)12(17)16-8-13(18)4-6-19-7-5-13/h1-3,18H,4-8,15H2,(H,16,17). The van der Waals surface area contributed by atoms with Crippen LogP contribution in [-0.4, -0.2) is 36.4 Å². The first-order valence-electron chi connectivity index (χ1n) is 6.14. The molecule has 1 aromatic carbocycles. The molecular formula is C13H17BrN2O3. The number of anilines is 1. The molecule has 1 amide bonds. The SMILES string of the molecule is Nc1cccc(C(=O)NCC2(O)CCOCC2)c1Br. The van der Waals surface area contributed by atoms with Gasteiger partial charge in [0.1, 0.15) is 0 Å². The fourth-order valence-electron chi connectivity index (χ4n) is 1.99. The lowest BCUT2D eigenvalue weighted by molar-refractivity contribution is -0.0605. The third-order valence-corrected chi connectivity index (χ3v) is 4.16. The molecule has 4 N–H and O–H groups in total. The van der Waals surface area contributed by atoms with Crippen LogP contribution in [0.4, 0.5) is 5.69 Å². The molecule has 1 aromatic rings. The van der Waals surface area contributed by atoms with Crippen LogP contribution in [-0.2, 0) is 4.74 Å². The number of halogens is 1. The van der Waals surface area contributed by atoms with E-state index >= 15 is 0 Å². The number of carbonyl (C=O) groups excluding carboxylic acids is 1. The number of rotatable bonds is 3. The van der Waals surface area contributed by atoms with Crippen molar-refractivity contribution in [2.24, 2.45) is 0 Å². The zero-order valence-electron chi connectivity index (χ0n) is 10.5. The molecule has 0 unspecified atom stereocenters. The van der Waals surface area contributed by atoms with Gasteiger partial charge in [-0.2, -0.15) is 0 Å². The number of benzene rings is 1. The molecule has 1 aliphatic rings. The van der Waals surface area contributed by atoms with Crippen LogP contribution in [0, 0.1) is 0 Å². The molecule has 1 saturated heterocycles. The average Bonchev–Trinajstić information content (AvgIpc) is 2.40. The fourth-order valence-corrected chi connectivity index (χ4v) is 2.44. The number of amides is 1. The first-order valence-corrected chi connectivity index (χ1v) is 6.93. The maximum Gasteiger partial charge on any atom is 0.252 e. The minimum atomic E-state index is -0.874. The van der Waals surface area contributed by atoms with E-state index in [1.165, 1.54) is 0 Å². The summed E-state index contributed by atoms with van der Waals surface area (Å²) >= 11 is 3.29. The zero-order valence-corrected chi connectivity index (χ0v) is 12.1. The van der Waals surface area contributed by atoms with Crippen LogP contribution in [0.25, 0.3) is 0 Å². The van der Waals surface area contributed by atoms with E-state index in [1.807, 2.05) is 0 Å². The molecule has 0 aliphatic carbocycles. The number of aliphatic hydroxyl groups is 1. The topological polar surface area (TPSA) is 84.6 Å². The fraction of sp³-hybridized carbons (Fsp3) is 0.462. The van der Waals surface area contributed by atoms with Gasteiger partial charge in [-0.3, -0.25) is 4.79 Å². The zero-order chi connectivity index (χ0) is 13.9. The third kappa shape index (κ3) is 3.46. The van der Waals surface area contributed by atoms with E-state index < -0.39 is 5.60 Å². The normalized spacial score (nSPS) is 18.0. The van der Waals surface area contributed by atoms with Crippen LogP contribution in [0.3, 0.4) is 0 Å². The Morgan fingerprint density at radius 2 is 2.16 bits per heavy atom. The Hall–Kier alpha value is -1.11. The quantitative estimate of drug-likeness (QED) is 0.730. The van der Waals surface area contributed by atoms with Gasteiger partial charge in [0, 0.05) is 38.3 Å². The molecule has 1 aliphatic heterocycles. The highest BCUT2D eigenvalue weighted by Gasteiger charge is 2.30. The van der Waals surface area contributed by atoms with E-state index in [9.17, 15) is 9.90 Å². The summed E-state index contributed by atoms with van der Waals surface area (Å²) < 4.78 is 5.77. The van der Waals surface area contributed by atoms with Gasteiger partial charge in [0.15, 0.2) is 0 Å². The second kappa shape index (κ2) is 5.90. The van der Waals surface area contributed by atoms with Crippen molar-refractivity contribution in [3.05, 3.63) is 28.2 Å². The van der Waals surface area contributed by atoms with E-state index in [-0.39, 0.29) is 12.5 Å². The lowest BCUT2D eigenvalue weighted by Gasteiger charge is -2.32. The lowest BCUT2D eigenvalue weighted by atomic mass is 9.94. The predicted molar refractivity (Wildman–Crippen MR) is 75.9 cm³/mol. The van der Waals surface area contributed by atoms with E-state index in [1.54, 1.807) is 18.2 Å². The Balaban J connectivity index is 1.99. The molecule has 0 bridgehead atoms. The van der Waals surface area contributed by atoms with Crippen LogP contribution in [0.2, 0.25) is 0 Å². The Morgan fingerprint density at radius 3 is 2.84 bits per heavy atom. The van der Waals surface area contributed by atoms with Crippen LogP contribution < -0.4 is 11.1 Å². The van der Waals surface area contributed by atoms with Crippen LogP contribution in [0.15, 0.2) is 22.7 Å². The van der Waals surface area contributed by atoms with Crippen molar-refractivity contribution < 1.29 is 14.6 Å². The Morgan fingerprint density at radius 1 is 1.47 bits per heavy atom. The van der Waals surface area contributed by atoms with Crippen LogP contribution in [0.5, 0.6) is 0 Å². The van der Waals surface area contributed by atoms with Gasteiger partial charge < -0.3 is 20.9 Å². The summed E-state index contributed by atoms with van der Waals surface area (Å²) in [5.74, 6) is -0.251. The van der Waals surface area contributed by atoms with Gasteiger partial charge in [0.05, 0.1) is 15.6 Å². The molecule has 1 fully saturated rings. The van der Waals surface area contributed by atoms with Gasteiger partial charge in [-0.1, -0.05) is 6.07 Å². The minimum absolute atomic E-state index is 0.219. The number of nitrogens with one attached hydrogen (secondary N) is 1. The molecule has 0 radical (unpaired) electrons. The van der Waals surface area contributed by atoms with Crippen molar-refractivity contribution in [2.45, 2.75) is 18.4 Å². The molecule has 19 heavy (non-hydrogen) atoms. The van der Waals surface area contributed by atoms with Crippen molar-refractivity contribution >= 4 is 27.5 Å². The van der Waals surface area contributed by atoms with Gasteiger partial charge in [0.2, 0.25) is 0 Å². The highest BCUT2D eigenvalue weighted by Crippen LogP contribution is 2.24. The molecule has 1 heterocycles. The first-order chi connectivity index (χ1) is 9.02. The van der Waals surface area contributed by atoms with Crippen molar-refractivity contribution in [1.29, 1.82) is 0 Å². The van der Waals surface area contributed by atoms with Crippen molar-refractivity contribution in [2.75, 3.05) is 25.5 Å². The maximum absolute atomic E-state index is 12.1. The maximum atomic E-state index is 12.1. The molecule has 0 atom stereocenters. The number of carbonyl (C=O) groups is 1. The van der Waals surface area contributed by atoms with Gasteiger partial charge >= 0.3 is 0 Å². The van der Waals surface area contributed by atoms with E-state index in [2.05, 4.69) is 21.2 Å². The molecule has 104 valence electrons. The van der Waals surface area contributed by atoms with Gasteiger partial charge in [-0.05, 0) is 28.1 Å². The van der Waals surface area contributed by atoms with E-state index in [0.29, 0.717) is 41.8 Å². The number of nitrogen functional groups attached to an aromatic ring is 1. The highest BCUT2D eigenvalue weighted by atomic mass is 79.9. The summed E-state index contributed by atoms with van der Waals surface area (Å²) in [5, 5.41) is 13.0. The molecule has 5 nitrogen and oxygen atoms in total. The molecule has 6 heteroatoms.